The third kappa shape index (κ3) is 2.03. The van der Waals surface area contributed by atoms with E-state index in [1.165, 1.54) is 6.07 Å². The van der Waals surface area contributed by atoms with E-state index in [9.17, 15) is 4.79 Å². The SMILES string of the molecule is O=C(O)c1ccc2cc(Br)cc(Br)c2n1. The molecule has 0 aliphatic rings. The summed E-state index contributed by atoms with van der Waals surface area (Å²) < 4.78 is 1.70. The molecule has 5 heteroatoms. The van der Waals surface area contributed by atoms with Crippen molar-refractivity contribution in [1.82, 2.24) is 4.98 Å². The maximum absolute atomic E-state index is 10.7. The van der Waals surface area contributed by atoms with E-state index in [0.29, 0.717) is 5.52 Å². The van der Waals surface area contributed by atoms with Gasteiger partial charge in [-0.05, 0) is 34.1 Å². The zero-order valence-electron chi connectivity index (χ0n) is 7.37. The van der Waals surface area contributed by atoms with Crippen molar-refractivity contribution >= 4 is 48.7 Å². The van der Waals surface area contributed by atoms with E-state index < -0.39 is 5.97 Å². The fourth-order valence-corrected chi connectivity index (χ4v) is 2.62. The molecule has 1 heterocycles. The number of carbonyl (C=O) groups is 1. The summed E-state index contributed by atoms with van der Waals surface area (Å²) in [5.41, 5.74) is 0.698. The predicted octanol–water partition coefficient (Wildman–Crippen LogP) is 3.46. The predicted molar refractivity (Wildman–Crippen MR) is 64.1 cm³/mol. The molecule has 0 bridgehead atoms. The van der Waals surface area contributed by atoms with E-state index in [2.05, 4.69) is 36.8 Å². The fraction of sp³-hybridized carbons (Fsp3) is 0. The average molecular weight is 331 g/mol. The summed E-state index contributed by atoms with van der Waals surface area (Å²) in [6, 6.07) is 6.95. The number of benzene rings is 1. The molecule has 0 aliphatic heterocycles. The average Bonchev–Trinajstić information content (AvgIpc) is 2.16. The van der Waals surface area contributed by atoms with Crippen molar-refractivity contribution in [3.8, 4) is 0 Å². The largest absolute Gasteiger partial charge is 0.477 e. The standard InChI is InChI=1S/C10H5Br2NO2/c11-6-3-5-1-2-8(10(14)15)13-9(5)7(12)4-6/h1-4H,(H,14,15). The number of hydrogen-bond acceptors (Lipinski definition) is 2. The van der Waals surface area contributed by atoms with Crippen LogP contribution in [0.1, 0.15) is 10.5 Å². The molecule has 0 unspecified atom stereocenters. The van der Waals surface area contributed by atoms with E-state index in [-0.39, 0.29) is 5.69 Å². The van der Waals surface area contributed by atoms with E-state index in [4.69, 9.17) is 5.11 Å². The highest BCUT2D eigenvalue weighted by Crippen LogP contribution is 2.27. The quantitative estimate of drug-likeness (QED) is 0.871. The van der Waals surface area contributed by atoms with Crippen molar-refractivity contribution in [2.45, 2.75) is 0 Å². The zero-order valence-corrected chi connectivity index (χ0v) is 10.5. The van der Waals surface area contributed by atoms with Gasteiger partial charge in [0.2, 0.25) is 0 Å². The lowest BCUT2D eigenvalue weighted by Crippen LogP contribution is -1.99. The molecule has 0 spiro atoms. The van der Waals surface area contributed by atoms with Crippen LogP contribution in [-0.2, 0) is 0 Å². The van der Waals surface area contributed by atoms with E-state index >= 15 is 0 Å². The van der Waals surface area contributed by atoms with Crippen molar-refractivity contribution in [3.05, 3.63) is 38.9 Å². The number of nitrogens with zero attached hydrogens (tertiary/aromatic N) is 1. The second-order valence-corrected chi connectivity index (χ2v) is 4.73. The molecule has 1 aromatic heterocycles. The Morgan fingerprint density at radius 1 is 1.27 bits per heavy atom. The molecule has 0 saturated carbocycles. The summed E-state index contributed by atoms with van der Waals surface area (Å²) in [6.07, 6.45) is 0. The van der Waals surface area contributed by atoms with Gasteiger partial charge in [-0.1, -0.05) is 22.0 Å². The van der Waals surface area contributed by atoms with Gasteiger partial charge in [-0.15, -0.1) is 0 Å². The Balaban J connectivity index is 2.76. The van der Waals surface area contributed by atoms with Crippen molar-refractivity contribution in [3.63, 3.8) is 0 Å². The number of fused-ring (bicyclic) bond motifs is 1. The van der Waals surface area contributed by atoms with E-state index in [1.54, 1.807) is 6.07 Å². The molecule has 1 N–H and O–H groups in total. The van der Waals surface area contributed by atoms with Gasteiger partial charge in [-0.2, -0.15) is 0 Å². The number of carboxylic acids is 1. The second-order valence-electron chi connectivity index (χ2n) is 2.96. The smallest absolute Gasteiger partial charge is 0.354 e. The minimum atomic E-state index is -1.02. The lowest BCUT2D eigenvalue weighted by Gasteiger charge is -2.02. The van der Waals surface area contributed by atoms with Gasteiger partial charge in [0.15, 0.2) is 0 Å². The summed E-state index contributed by atoms with van der Waals surface area (Å²) in [4.78, 5) is 14.8. The first-order chi connectivity index (χ1) is 7.08. The Labute approximate surface area is 102 Å². The Bertz CT molecular complexity index is 554. The summed E-state index contributed by atoms with van der Waals surface area (Å²) in [5.74, 6) is -1.02. The molecular formula is C10H5Br2NO2. The summed E-state index contributed by atoms with van der Waals surface area (Å²) in [5, 5.41) is 9.69. The van der Waals surface area contributed by atoms with E-state index in [0.717, 1.165) is 14.3 Å². The van der Waals surface area contributed by atoms with Gasteiger partial charge in [0.05, 0.1) is 5.52 Å². The summed E-state index contributed by atoms with van der Waals surface area (Å²) in [6.45, 7) is 0. The number of pyridine rings is 1. The Morgan fingerprint density at radius 2 is 2.00 bits per heavy atom. The summed E-state index contributed by atoms with van der Waals surface area (Å²) >= 11 is 6.70. The highest BCUT2D eigenvalue weighted by atomic mass is 79.9. The van der Waals surface area contributed by atoms with E-state index in [1.807, 2.05) is 12.1 Å². The zero-order chi connectivity index (χ0) is 11.0. The van der Waals surface area contributed by atoms with Crippen LogP contribution < -0.4 is 0 Å². The van der Waals surface area contributed by atoms with Crippen LogP contribution in [0.3, 0.4) is 0 Å². The first-order valence-electron chi connectivity index (χ1n) is 4.07. The fourth-order valence-electron chi connectivity index (χ4n) is 1.28. The molecule has 0 radical (unpaired) electrons. The second kappa shape index (κ2) is 3.90. The number of aromatic nitrogens is 1. The van der Waals surface area contributed by atoms with Crippen molar-refractivity contribution in [2.75, 3.05) is 0 Å². The van der Waals surface area contributed by atoms with Crippen molar-refractivity contribution < 1.29 is 9.90 Å². The van der Waals surface area contributed by atoms with Crippen molar-refractivity contribution in [1.29, 1.82) is 0 Å². The molecule has 2 rings (SSSR count). The van der Waals surface area contributed by atoms with Crippen LogP contribution >= 0.6 is 31.9 Å². The molecule has 3 nitrogen and oxygen atoms in total. The molecular weight excluding hydrogens is 326 g/mol. The minimum absolute atomic E-state index is 0.0468. The third-order valence-corrected chi connectivity index (χ3v) is 2.99. The van der Waals surface area contributed by atoms with Gasteiger partial charge >= 0.3 is 5.97 Å². The number of hydrogen-bond donors (Lipinski definition) is 1. The topological polar surface area (TPSA) is 50.2 Å². The molecule has 0 saturated heterocycles. The molecule has 0 amide bonds. The highest BCUT2D eigenvalue weighted by Gasteiger charge is 2.08. The molecule has 1 aromatic carbocycles. The van der Waals surface area contributed by atoms with Gasteiger partial charge in [-0.25, -0.2) is 9.78 Å². The van der Waals surface area contributed by atoms with Crippen LogP contribution in [0.4, 0.5) is 0 Å². The van der Waals surface area contributed by atoms with Gasteiger partial charge in [0, 0.05) is 14.3 Å². The number of aromatic carboxylic acids is 1. The number of halogens is 2. The third-order valence-electron chi connectivity index (χ3n) is 1.93. The highest BCUT2D eigenvalue weighted by molar-refractivity contribution is 9.11. The van der Waals surface area contributed by atoms with Gasteiger partial charge in [-0.3, -0.25) is 0 Å². The Morgan fingerprint density at radius 3 is 2.67 bits per heavy atom. The molecule has 15 heavy (non-hydrogen) atoms. The maximum atomic E-state index is 10.7. The van der Waals surface area contributed by atoms with Crippen LogP contribution in [0.25, 0.3) is 10.9 Å². The lowest BCUT2D eigenvalue weighted by atomic mass is 10.2. The lowest BCUT2D eigenvalue weighted by molar-refractivity contribution is 0.0691. The van der Waals surface area contributed by atoms with Crippen molar-refractivity contribution in [2.24, 2.45) is 0 Å². The Hall–Kier alpha value is -0.940. The molecule has 76 valence electrons. The van der Waals surface area contributed by atoms with Crippen LogP contribution in [0.15, 0.2) is 33.2 Å². The van der Waals surface area contributed by atoms with Crippen LogP contribution in [0.2, 0.25) is 0 Å². The first-order valence-corrected chi connectivity index (χ1v) is 5.65. The van der Waals surface area contributed by atoms with Crippen LogP contribution in [0.5, 0.6) is 0 Å². The van der Waals surface area contributed by atoms with Gasteiger partial charge in [0.1, 0.15) is 5.69 Å². The van der Waals surface area contributed by atoms with Gasteiger partial charge in [0.25, 0.3) is 0 Å². The monoisotopic (exact) mass is 329 g/mol. The normalized spacial score (nSPS) is 10.5. The number of carboxylic acid groups (broad SMARTS) is 1. The van der Waals surface area contributed by atoms with Crippen LogP contribution in [-0.4, -0.2) is 16.1 Å². The molecule has 0 atom stereocenters. The minimum Gasteiger partial charge on any atom is -0.477 e. The van der Waals surface area contributed by atoms with Gasteiger partial charge < -0.3 is 5.11 Å². The number of rotatable bonds is 1. The summed E-state index contributed by atoms with van der Waals surface area (Å²) in [7, 11) is 0. The maximum Gasteiger partial charge on any atom is 0.354 e. The molecule has 0 aliphatic carbocycles. The molecule has 2 aromatic rings. The van der Waals surface area contributed by atoms with Crippen LogP contribution in [0, 0.1) is 0 Å². The molecule has 0 fully saturated rings. The first kappa shape index (κ1) is 10.6. The Kier molecular flexibility index (Phi) is 2.75.